The highest BCUT2D eigenvalue weighted by atomic mass is 15.0. The third-order valence-electron chi connectivity index (χ3n) is 4.62. The fourth-order valence-electron chi connectivity index (χ4n) is 3.36. The minimum atomic E-state index is 0.583. The van der Waals surface area contributed by atoms with Crippen molar-refractivity contribution in [2.24, 2.45) is 0 Å². The van der Waals surface area contributed by atoms with E-state index in [2.05, 4.69) is 36.0 Å². The summed E-state index contributed by atoms with van der Waals surface area (Å²) >= 11 is 0. The third kappa shape index (κ3) is 2.49. The molecule has 7 heteroatoms. The Labute approximate surface area is 158 Å². The van der Waals surface area contributed by atoms with Crippen LogP contribution in [-0.2, 0) is 0 Å². The molecule has 0 unspecified atom stereocenters. The fourth-order valence-corrected chi connectivity index (χ4v) is 3.36. The molecule has 5 heterocycles. The maximum Gasteiger partial charge on any atom is 0.162 e. The van der Waals surface area contributed by atoms with Gasteiger partial charge < -0.3 is 9.97 Å². The summed E-state index contributed by atoms with van der Waals surface area (Å²) in [5.74, 6) is 1.82. The molecular weight excluding hydrogens is 350 g/mol. The predicted octanol–water partition coefficient (Wildman–Crippen LogP) is 4.00. The lowest BCUT2D eigenvalue weighted by Gasteiger charge is -1.96. The van der Waals surface area contributed by atoms with E-state index in [9.17, 15) is 0 Å². The maximum atomic E-state index is 4.75. The van der Waals surface area contributed by atoms with E-state index in [-0.39, 0.29) is 0 Å². The molecule has 7 nitrogen and oxygen atoms in total. The van der Waals surface area contributed by atoms with Crippen LogP contribution in [0.5, 0.6) is 0 Å². The summed E-state index contributed by atoms with van der Waals surface area (Å²) in [7, 11) is 0. The normalized spacial score (nSPS) is 12.1. The van der Waals surface area contributed by atoms with E-state index in [0.717, 1.165) is 33.6 Å². The highest BCUT2D eigenvalue weighted by Crippen LogP contribution is 2.34. The third-order valence-corrected chi connectivity index (χ3v) is 4.62. The van der Waals surface area contributed by atoms with Crippen LogP contribution in [0.4, 0.5) is 0 Å². The molecule has 2 aliphatic heterocycles. The van der Waals surface area contributed by atoms with E-state index in [4.69, 9.17) is 4.98 Å². The molecule has 0 saturated heterocycles. The van der Waals surface area contributed by atoms with Crippen LogP contribution in [-0.4, -0.2) is 34.9 Å². The van der Waals surface area contributed by atoms with Gasteiger partial charge >= 0.3 is 0 Å². The molecule has 1 aromatic carbocycles. The second-order valence-corrected chi connectivity index (χ2v) is 6.54. The van der Waals surface area contributed by atoms with Gasteiger partial charge in [0.2, 0.25) is 0 Å². The lowest BCUT2D eigenvalue weighted by Crippen LogP contribution is -1.86. The van der Waals surface area contributed by atoms with Crippen LogP contribution in [0, 0.1) is 0 Å². The Kier molecular flexibility index (Phi) is 3.04. The van der Waals surface area contributed by atoms with Crippen molar-refractivity contribution in [2.45, 2.75) is 0 Å². The molecule has 0 saturated carbocycles. The van der Waals surface area contributed by atoms with Crippen molar-refractivity contribution < 1.29 is 0 Å². The summed E-state index contributed by atoms with van der Waals surface area (Å²) in [6.45, 7) is 0. The molecule has 0 fully saturated rings. The zero-order valence-electron chi connectivity index (χ0n) is 14.6. The molecule has 0 radical (unpaired) electrons. The molecule has 2 N–H and O–H groups in total. The molecule has 0 amide bonds. The molecule has 0 spiro atoms. The lowest BCUT2D eigenvalue weighted by molar-refractivity contribution is 1.11. The van der Waals surface area contributed by atoms with Crippen molar-refractivity contribution in [1.29, 1.82) is 0 Å². The van der Waals surface area contributed by atoms with Gasteiger partial charge in [-0.25, -0.2) is 24.9 Å². The number of benzene rings is 1. The fraction of sp³-hybridized carbons (Fsp3) is 0. The molecule has 28 heavy (non-hydrogen) atoms. The van der Waals surface area contributed by atoms with Gasteiger partial charge in [-0.2, -0.15) is 0 Å². The highest BCUT2D eigenvalue weighted by Gasteiger charge is 2.17. The number of H-pyrrole nitrogens is 2. The Balaban J connectivity index is 1.73. The van der Waals surface area contributed by atoms with Crippen LogP contribution < -0.4 is 0 Å². The zero-order chi connectivity index (χ0) is 18.5. The van der Waals surface area contributed by atoms with Gasteiger partial charge in [0.05, 0.1) is 5.69 Å². The SMILES string of the molecule is C1=Cc2nc1nc1nc(cc3ccc(nc4ccc(n2)[nH]4)[nH]3)-c2ccccc2-1. The molecule has 132 valence electrons. The van der Waals surface area contributed by atoms with Crippen LogP contribution in [0.15, 0.2) is 54.6 Å². The van der Waals surface area contributed by atoms with E-state index in [1.54, 1.807) is 0 Å². The average molecular weight is 363 g/mol. The first kappa shape index (κ1) is 15.0. The Bertz CT molecular complexity index is 1430. The standard InChI is InChI=1S/C21H13N7/c1-2-4-14-13(3-1)15-11-12-5-6-16(22-12)24-17-7-8-18(25-17)26-19-9-10-20(27-19)28-21(14)23-15/h1-11H,(H2,22,23,24,25,26,27,28). The summed E-state index contributed by atoms with van der Waals surface area (Å²) < 4.78 is 0. The average Bonchev–Trinajstić information content (AvgIpc) is 3.47. The van der Waals surface area contributed by atoms with E-state index in [1.165, 1.54) is 0 Å². The smallest absolute Gasteiger partial charge is 0.162 e. The van der Waals surface area contributed by atoms with Crippen molar-refractivity contribution in [3.05, 3.63) is 66.2 Å². The molecule has 4 aromatic rings. The van der Waals surface area contributed by atoms with Gasteiger partial charge in [0.25, 0.3) is 0 Å². The number of fused-ring (bicyclic) bond motifs is 11. The van der Waals surface area contributed by atoms with Gasteiger partial charge in [-0.15, -0.1) is 0 Å². The summed E-state index contributed by atoms with van der Waals surface area (Å²) in [6, 6.07) is 17.7. The number of rotatable bonds is 0. The van der Waals surface area contributed by atoms with Crippen molar-refractivity contribution in [2.75, 3.05) is 0 Å². The molecule has 6 rings (SSSR count). The lowest BCUT2D eigenvalue weighted by atomic mass is 10.1. The van der Waals surface area contributed by atoms with Crippen molar-refractivity contribution in [1.82, 2.24) is 34.9 Å². The van der Waals surface area contributed by atoms with Crippen LogP contribution >= 0.6 is 0 Å². The van der Waals surface area contributed by atoms with E-state index in [0.29, 0.717) is 23.1 Å². The number of aromatic amines is 2. The largest absolute Gasteiger partial charge is 0.340 e. The molecule has 8 bridgehead atoms. The Morgan fingerprint density at radius 1 is 0.571 bits per heavy atom. The number of hydrogen-bond acceptors (Lipinski definition) is 5. The zero-order valence-corrected chi connectivity index (χ0v) is 14.6. The van der Waals surface area contributed by atoms with Crippen LogP contribution in [0.2, 0.25) is 0 Å². The highest BCUT2D eigenvalue weighted by molar-refractivity contribution is 5.85. The van der Waals surface area contributed by atoms with Gasteiger partial charge in [-0.1, -0.05) is 24.3 Å². The Morgan fingerprint density at radius 2 is 1.29 bits per heavy atom. The van der Waals surface area contributed by atoms with Gasteiger partial charge in [-0.05, 0) is 42.5 Å². The summed E-state index contributed by atoms with van der Waals surface area (Å²) in [4.78, 5) is 29.5. The maximum absolute atomic E-state index is 4.75. The van der Waals surface area contributed by atoms with Crippen molar-refractivity contribution in [3.63, 3.8) is 0 Å². The first-order valence-corrected chi connectivity index (χ1v) is 8.87. The van der Waals surface area contributed by atoms with E-state index >= 15 is 0 Å². The quantitative estimate of drug-likeness (QED) is 0.425. The number of hydrogen-bond donors (Lipinski definition) is 2. The Morgan fingerprint density at radius 3 is 2.18 bits per heavy atom. The minimum absolute atomic E-state index is 0.583. The van der Waals surface area contributed by atoms with Crippen LogP contribution in [0.1, 0.15) is 11.6 Å². The van der Waals surface area contributed by atoms with Gasteiger partial charge in [0, 0.05) is 16.6 Å². The molecule has 0 atom stereocenters. The molecule has 3 aromatic heterocycles. The molecule has 0 aliphatic carbocycles. The second-order valence-electron chi connectivity index (χ2n) is 6.54. The van der Waals surface area contributed by atoms with Crippen LogP contribution in [0.25, 0.3) is 57.3 Å². The monoisotopic (exact) mass is 363 g/mol. The second kappa shape index (κ2) is 5.68. The van der Waals surface area contributed by atoms with Crippen molar-refractivity contribution >= 4 is 34.6 Å². The van der Waals surface area contributed by atoms with Crippen LogP contribution in [0.3, 0.4) is 0 Å². The van der Waals surface area contributed by atoms with Gasteiger partial charge in [0.1, 0.15) is 16.9 Å². The van der Waals surface area contributed by atoms with Gasteiger partial charge in [-0.3, -0.25) is 0 Å². The van der Waals surface area contributed by atoms with E-state index < -0.39 is 0 Å². The summed E-state index contributed by atoms with van der Waals surface area (Å²) in [6.07, 6.45) is 3.68. The summed E-state index contributed by atoms with van der Waals surface area (Å²) in [5, 5.41) is 0. The minimum Gasteiger partial charge on any atom is -0.340 e. The van der Waals surface area contributed by atoms with E-state index in [1.807, 2.05) is 60.7 Å². The predicted molar refractivity (Wildman–Crippen MR) is 108 cm³/mol. The number of aromatic nitrogens is 7. The van der Waals surface area contributed by atoms with Crippen molar-refractivity contribution in [3.8, 4) is 22.6 Å². The summed E-state index contributed by atoms with van der Waals surface area (Å²) in [5.41, 5.74) is 5.97. The topological polar surface area (TPSA) is 96.0 Å². The first-order valence-electron chi connectivity index (χ1n) is 8.87. The number of nitrogens with zero attached hydrogens (tertiary/aromatic N) is 5. The van der Waals surface area contributed by atoms with Gasteiger partial charge in [0.15, 0.2) is 17.5 Å². The number of nitrogens with one attached hydrogen (secondary N) is 2. The molecular formula is C21H13N7. The first-order chi connectivity index (χ1) is 13.8. The Hall–Kier alpha value is -4.13. The molecule has 2 aliphatic rings.